The first-order valence-electron chi connectivity index (χ1n) is 12.6. The number of halogens is 1. The standard InChI is InChI=1S/C30H31BrN2O3/c31-25-11-9-24(10-12-25)28(29(36)32-20-22-4-2-1-3-5-22)33(30-17-16-23(18-30)19-30)27(35)15-8-21-6-13-26(34)14-7-21/h1-7,9-14,23,28,34H,8,15-20H2,(H,32,36)/p+1. The average Bonchev–Trinajstić information content (AvgIpc) is 3.49. The van der Waals surface area contributed by atoms with E-state index in [1.54, 1.807) is 12.1 Å². The summed E-state index contributed by atoms with van der Waals surface area (Å²) >= 11 is 3.50. The van der Waals surface area contributed by atoms with E-state index in [4.69, 9.17) is 5.11 Å². The van der Waals surface area contributed by atoms with Gasteiger partial charge in [-0.25, -0.2) is 0 Å². The molecule has 3 aromatic carbocycles. The Morgan fingerprint density at radius 2 is 1.67 bits per heavy atom. The highest BCUT2D eigenvalue weighted by Crippen LogP contribution is 2.57. The quantitative estimate of drug-likeness (QED) is 0.351. The highest BCUT2D eigenvalue weighted by Gasteiger charge is 2.57. The second kappa shape index (κ2) is 10.5. The second-order valence-electron chi connectivity index (χ2n) is 10.2. The van der Waals surface area contributed by atoms with Crippen LogP contribution in [0, 0.1) is 5.92 Å². The number of fused-ring (bicyclic) bond motifs is 1. The van der Waals surface area contributed by atoms with Crippen molar-refractivity contribution in [2.24, 2.45) is 5.92 Å². The van der Waals surface area contributed by atoms with E-state index in [-0.39, 0.29) is 17.4 Å². The van der Waals surface area contributed by atoms with Crippen molar-refractivity contribution >= 4 is 27.7 Å². The molecule has 2 amide bonds. The zero-order valence-corrected chi connectivity index (χ0v) is 21.8. The molecule has 1 unspecified atom stereocenters. The summed E-state index contributed by atoms with van der Waals surface area (Å²) in [5.74, 6) is 0.996. The largest absolute Gasteiger partial charge is 0.593 e. The number of hydrogen-bond acceptors (Lipinski definition) is 2. The molecule has 36 heavy (non-hydrogen) atoms. The smallest absolute Gasteiger partial charge is 0.253 e. The van der Waals surface area contributed by atoms with Gasteiger partial charge in [0.25, 0.3) is 5.75 Å². The zero-order valence-electron chi connectivity index (χ0n) is 20.3. The number of aryl methyl sites for hydroxylation is 1. The van der Waals surface area contributed by atoms with E-state index in [1.165, 1.54) is 0 Å². The van der Waals surface area contributed by atoms with Gasteiger partial charge in [-0.1, -0.05) is 58.4 Å². The van der Waals surface area contributed by atoms with Gasteiger partial charge < -0.3 is 15.3 Å². The maximum absolute atomic E-state index is 14.0. The molecule has 0 heterocycles. The van der Waals surface area contributed by atoms with E-state index in [0.29, 0.717) is 31.1 Å². The Labute approximate surface area is 220 Å². The van der Waals surface area contributed by atoms with Crippen molar-refractivity contribution in [2.75, 3.05) is 0 Å². The van der Waals surface area contributed by atoms with Gasteiger partial charge in [-0.05, 0) is 79.0 Å². The van der Waals surface area contributed by atoms with Crippen LogP contribution in [-0.2, 0) is 22.6 Å². The van der Waals surface area contributed by atoms with E-state index in [9.17, 15) is 9.59 Å². The molecule has 0 aliphatic heterocycles. The minimum Gasteiger partial charge on any atom is -0.593 e. The molecular weight excluding hydrogens is 516 g/mol. The first kappa shape index (κ1) is 24.6. The fourth-order valence-corrected chi connectivity index (χ4v) is 6.15. The summed E-state index contributed by atoms with van der Waals surface area (Å²) in [7, 11) is 0. The molecule has 0 radical (unpaired) electrons. The minimum atomic E-state index is -0.677. The number of carbonyl (C=O) groups is 2. The van der Waals surface area contributed by atoms with Gasteiger partial charge in [-0.15, -0.1) is 0 Å². The van der Waals surface area contributed by atoms with Crippen LogP contribution in [0.1, 0.15) is 54.8 Å². The lowest BCUT2D eigenvalue weighted by Gasteiger charge is -2.51. The van der Waals surface area contributed by atoms with E-state index in [2.05, 4.69) is 21.2 Å². The summed E-state index contributed by atoms with van der Waals surface area (Å²) in [5.41, 5.74) is 2.65. The van der Waals surface area contributed by atoms with Gasteiger partial charge >= 0.3 is 0 Å². The zero-order chi connectivity index (χ0) is 25.1. The van der Waals surface area contributed by atoms with Crippen molar-refractivity contribution < 1.29 is 14.7 Å². The summed E-state index contributed by atoms with van der Waals surface area (Å²) < 4.78 is 0.938. The topological polar surface area (TPSA) is 72.3 Å². The van der Waals surface area contributed by atoms with Crippen molar-refractivity contribution in [2.45, 2.75) is 56.7 Å². The highest BCUT2D eigenvalue weighted by atomic mass is 79.9. The van der Waals surface area contributed by atoms with Crippen molar-refractivity contribution in [1.82, 2.24) is 10.2 Å². The van der Waals surface area contributed by atoms with Gasteiger partial charge in [0.1, 0.15) is 6.04 Å². The maximum atomic E-state index is 14.0. The number of benzene rings is 3. The molecule has 6 heteroatoms. The summed E-state index contributed by atoms with van der Waals surface area (Å²) in [5, 5.41) is 10.8. The lowest BCUT2D eigenvalue weighted by molar-refractivity contribution is -0.152. The van der Waals surface area contributed by atoms with E-state index >= 15 is 0 Å². The summed E-state index contributed by atoms with van der Waals surface area (Å²) in [6.07, 6.45) is 4.95. The molecule has 5 nitrogen and oxygen atoms in total. The second-order valence-corrected chi connectivity index (χ2v) is 11.1. The van der Waals surface area contributed by atoms with Gasteiger partial charge in [0.2, 0.25) is 11.8 Å². The number of nitrogens with zero attached hydrogens (tertiary/aromatic N) is 1. The first-order valence-corrected chi connectivity index (χ1v) is 13.4. The van der Waals surface area contributed by atoms with Crippen LogP contribution in [0.25, 0.3) is 0 Å². The molecule has 0 saturated heterocycles. The molecule has 186 valence electrons. The molecule has 3 saturated carbocycles. The SMILES string of the molecule is O=C(NCc1ccccc1)C(c1ccc(Br)cc1)N(C(=O)CCc1ccc([OH2+])cc1)C12CCC(C1)C2. The number of rotatable bonds is 9. The normalized spacial score (nSPS) is 20.9. The first-order chi connectivity index (χ1) is 17.4. The Morgan fingerprint density at radius 3 is 2.31 bits per heavy atom. The fraction of sp³-hybridized carbons (Fsp3) is 0.333. The van der Waals surface area contributed by atoms with Gasteiger partial charge in [-0.3, -0.25) is 9.59 Å². The Kier molecular flexibility index (Phi) is 7.15. The van der Waals surface area contributed by atoms with Crippen LogP contribution in [0.3, 0.4) is 0 Å². The monoisotopic (exact) mass is 547 g/mol. The minimum absolute atomic E-state index is 0.0214. The van der Waals surface area contributed by atoms with Crippen LogP contribution in [0.4, 0.5) is 0 Å². The number of carbonyl (C=O) groups excluding carboxylic acids is 2. The molecule has 3 N–H and O–H groups in total. The third-order valence-corrected chi connectivity index (χ3v) is 8.25. The van der Waals surface area contributed by atoms with Crippen molar-refractivity contribution in [3.8, 4) is 5.75 Å². The van der Waals surface area contributed by atoms with E-state index < -0.39 is 6.04 Å². The third kappa shape index (κ3) is 5.19. The summed E-state index contributed by atoms with van der Waals surface area (Å²) in [6.45, 7) is 0.420. The highest BCUT2D eigenvalue weighted by molar-refractivity contribution is 9.10. The van der Waals surface area contributed by atoms with Gasteiger partial charge in [0.15, 0.2) is 0 Å². The third-order valence-electron chi connectivity index (χ3n) is 7.72. The lowest BCUT2D eigenvalue weighted by atomic mass is 9.74. The van der Waals surface area contributed by atoms with Crippen molar-refractivity contribution in [1.29, 1.82) is 0 Å². The molecule has 2 bridgehead atoms. The molecular formula is C30H32BrN2O3+. The number of amides is 2. The number of hydrogen-bond donors (Lipinski definition) is 1. The molecule has 3 aliphatic carbocycles. The van der Waals surface area contributed by atoms with Gasteiger partial charge in [0.05, 0.1) is 0 Å². The van der Waals surface area contributed by atoms with Crippen molar-refractivity contribution in [3.63, 3.8) is 0 Å². The Morgan fingerprint density at radius 1 is 0.972 bits per heavy atom. The van der Waals surface area contributed by atoms with Crippen LogP contribution in [0.2, 0.25) is 0 Å². The van der Waals surface area contributed by atoms with Crippen molar-refractivity contribution in [3.05, 3.63) is 100 Å². The van der Waals surface area contributed by atoms with Crippen LogP contribution in [-0.4, -0.2) is 27.4 Å². The molecule has 3 fully saturated rings. The van der Waals surface area contributed by atoms with Gasteiger partial charge in [0, 0.05) is 35.1 Å². The molecule has 0 spiro atoms. The van der Waals surface area contributed by atoms with Gasteiger partial charge in [-0.2, -0.15) is 0 Å². The maximum Gasteiger partial charge on any atom is 0.253 e. The number of nitrogens with one attached hydrogen (secondary N) is 1. The molecule has 3 aromatic rings. The lowest BCUT2D eigenvalue weighted by Crippen LogP contribution is -2.58. The average molecular weight is 549 g/mol. The molecule has 1 atom stereocenters. The Bertz CT molecular complexity index is 1200. The van der Waals surface area contributed by atoms with E-state index in [1.807, 2.05) is 71.6 Å². The Balaban J connectivity index is 1.44. The fourth-order valence-electron chi connectivity index (χ4n) is 5.88. The summed E-state index contributed by atoms with van der Waals surface area (Å²) in [4.78, 5) is 29.7. The van der Waals surface area contributed by atoms with Crippen LogP contribution < -0.4 is 5.32 Å². The predicted octanol–water partition coefficient (Wildman–Crippen LogP) is 5.65. The predicted molar refractivity (Wildman–Crippen MR) is 145 cm³/mol. The Hall–Kier alpha value is -3.12. The molecule has 3 aliphatic rings. The van der Waals surface area contributed by atoms with Crippen LogP contribution in [0.5, 0.6) is 5.75 Å². The summed E-state index contributed by atoms with van der Waals surface area (Å²) in [6, 6.07) is 24.3. The molecule has 6 rings (SSSR count). The molecule has 0 aromatic heterocycles. The van der Waals surface area contributed by atoms with Crippen LogP contribution >= 0.6 is 15.9 Å². The van der Waals surface area contributed by atoms with Crippen LogP contribution in [0.15, 0.2) is 83.3 Å². The van der Waals surface area contributed by atoms with E-state index in [0.717, 1.165) is 46.8 Å².